The third-order valence-corrected chi connectivity index (χ3v) is 6.38. The summed E-state index contributed by atoms with van der Waals surface area (Å²) in [5.74, 6) is -0.478. The normalized spacial score (nSPS) is 21.9. The lowest BCUT2D eigenvalue weighted by Gasteiger charge is -2.37. The van der Waals surface area contributed by atoms with E-state index in [1.807, 2.05) is 0 Å². The molecule has 2 aliphatic heterocycles. The van der Waals surface area contributed by atoms with E-state index in [9.17, 15) is 18.8 Å². The van der Waals surface area contributed by atoms with Crippen molar-refractivity contribution in [2.75, 3.05) is 18.4 Å². The molecule has 10 heteroatoms. The van der Waals surface area contributed by atoms with Crippen LogP contribution in [-0.2, 0) is 16.1 Å². The molecule has 8 nitrogen and oxygen atoms in total. The van der Waals surface area contributed by atoms with E-state index in [0.29, 0.717) is 49.6 Å². The number of rotatable bonds is 7. The average Bonchev–Trinajstić information content (AvgIpc) is 3.22. The molecule has 4 amide bonds. The fourth-order valence-electron chi connectivity index (χ4n) is 4.46. The van der Waals surface area contributed by atoms with Gasteiger partial charge < -0.3 is 21.3 Å². The zero-order chi connectivity index (χ0) is 24.1. The Bertz CT molecular complexity index is 1050. The first-order valence-electron chi connectivity index (χ1n) is 11.2. The molecule has 0 bridgehead atoms. The minimum atomic E-state index is -0.357. The van der Waals surface area contributed by atoms with Gasteiger partial charge in [-0.25, -0.2) is 9.18 Å². The summed E-state index contributed by atoms with van der Waals surface area (Å²) < 4.78 is 13.0. The number of benzene rings is 2. The molecule has 4 N–H and O–H groups in total. The molecule has 2 heterocycles. The second-order valence-corrected chi connectivity index (χ2v) is 9.03. The van der Waals surface area contributed by atoms with Gasteiger partial charge in [-0.2, -0.15) is 0 Å². The average molecular weight is 488 g/mol. The predicted octanol–water partition coefficient (Wildman–Crippen LogP) is 2.64. The monoisotopic (exact) mass is 487 g/mol. The first-order chi connectivity index (χ1) is 16.4. The summed E-state index contributed by atoms with van der Waals surface area (Å²) in [7, 11) is 0. The van der Waals surface area contributed by atoms with Crippen molar-refractivity contribution in [3.05, 3.63) is 64.9 Å². The fourth-order valence-corrected chi connectivity index (χ4v) is 4.65. The Morgan fingerprint density at radius 3 is 2.74 bits per heavy atom. The zero-order valence-electron chi connectivity index (χ0n) is 18.5. The first kappa shape index (κ1) is 24.0. The van der Waals surface area contributed by atoms with Crippen molar-refractivity contribution in [2.45, 2.75) is 43.9 Å². The van der Waals surface area contributed by atoms with E-state index < -0.39 is 0 Å². The van der Waals surface area contributed by atoms with Crippen LogP contribution in [0.15, 0.2) is 48.5 Å². The summed E-state index contributed by atoms with van der Waals surface area (Å²) in [5.41, 5.74) is 1.41. The number of carbonyl (C=O) groups is 3. The molecule has 0 spiro atoms. The minimum Gasteiger partial charge on any atom is -0.353 e. The summed E-state index contributed by atoms with van der Waals surface area (Å²) in [6.07, 6.45) is 1.38. The van der Waals surface area contributed by atoms with Crippen LogP contribution in [0, 0.1) is 5.82 Å². The lowest BCUT2D eigenvalue weighted by atomic mass is 10.0. The van der Waals surface area contributed by atoms with Crippen LogP contribution < -0.4 is 21.3 Å². The molecule has 0 saturated carbocycles. The predicted molar refractivity (Wildman–Crippen MR) is 127 cm³/mol. The summed E-state index contributed by atoms with van der Waals surface area (Å²) in [5, 5.41) is 12.0. The molecule has 2 saturated heterocycles. The summed E-state index contributed by atoms with van der Waals surface area (Å²) in [4.78, 5) is 39.2. The summed E-state index contributed by atoms with van der Waals surface area (Å²) in [6.45, 7) is 1.32. The van der Waals surface area contributed by atoms with Gasteiger partial charge in [-0.15, -0.1) is 0 Å². The first-order valence-corrected chi connectivity index (χ1v) is 11.6. The van der Waals surface area contributed by atoms with E-state index in [1.54, 1.807) is 36.4 Å². The van der Waals surface area contributed by atoms with Crippen LogP contribution >= 0.6 is 11.6 Å². The minimum absolute atomic E-state index is 0.00191. The topological polar surface area (TPSA) is 103 Å². The Kier molecular flexibility index (Phi) is 7.64. The maximum Gasteiger partial charge on any atom is 0.319 e. The fraction of sp³-hybridized carbons (Fsp3) is 0.375. The van der Waals surface area contributed by atoms with E-state index in [2.05, 4.69) is 26.2 Å². The van der Waals surface area contributed by atoms with Crippen LogP contribution in [0.5, 0.6) is 0 Å². The number of piperazine rings is 1. The number of urea groups is 1. The molecule has 3 atom stereocenters. The van der Waals surface area contributed by atoms with Crippen molar-refractivity contribution in [1.82, 2.24) is 20.9 Å². The van der Waals surface area contributed by atoms with Crippen LogP contribution in [0.4, 0.5) is 14.9 Å². The highest BCUT2D eigenvalue weighted by molar-refractivity contribution is 6.30. The molecule has 2 fully saturated rings. The second kappa shape index (κ2) is 10.8. The van der Waals surface area contributed by atoms with Crippen LogP contribution in [0.2, 0.25) is 5.02 Å². The molecule has 2 aliphatic rings. The van der Waals surface area contributed by atoms with Gasteiger partial charge in [0.05, 0.1) is 6.04 Å². The zero-order valence-corrected chi connectivity index (χ0v) is 19.3. The number of hydrogen-bond acceptors (Lipinski definition) is 4. The van der Waals surface area contributed by atoms with Gasteiger partial charge in [0.15, 0.2) is 0 Å². The second-order valence-electron chi connectivity index (χ2n) is 8.59. The number of nitrogens with zero attached hydrogens (tertiary/aromatic N) is 1. The molecule has 34 heavy (non-hydrogen) atoms. The Balaban J connectivity index is 1.26. The van der Waals surface area contributed by atoms with E-state index in [4.69, 9.17) is 11.6 Å². The smallest absolute Gasteiger partial charge is 0.319 e. The molecular weight excluding hydrogens is 461 g/mol. The highest BCUT2D eigenvalue weighted by Crippen LogP contribution is 2.26. The van der Waals surface area contributed by atoms with Gasteiger partial charge in [0.25, 0.3) is 0 Å². The van der Waals surface area contributed by atoms with E-state index in [1.165, 1.54) is 12.1 Å². The van der Waals surface area contributed by atoms with Crippen molar-refractivity contribution in [3.8, 4) is 0 Å². The lowest BCUT2D eigenvalue weighted by Crippen LogP contribution is -2.58. The molecule has 180 valence electrons. The SMILES string of the molecule is O=C(CC[C@@H]1CNC(=O)[C@@H]2C[C@@H](NC(=O)Nc3cccc(Cl)c3)CN12)NCc1ccc(F)cc1. The van der Waals surface area contributed by atoms with E-state index in [-0.39, 0.29) is 41.8 Å². The molecule has 2 aromatic rings. The number of fused-ring (bicyclic) bond motifs is 1. The molecule has 0 unspecified atom stereocenters. The maximum absolute atomic E-state index is 13.0. The Morgan fingerprint density at radius 1 is 1.18 bits per heavy atom. The highest BCUT2D eigenvalue weighted by Gasteiger charge is 2.43. The van der Waals surface area contributed by atoms with Crippen LogP contribution in [-0.4, -0.2) is 54.0 Å². The van der Waals surface area contributed by atoms with Gasteiger partial charge in [0.1, 0.15) is 5.82 Å². The molecule has 0 aliphatic carbocycles. The Morgan fingerprint density at radius 2 is 1.97 bits per heavy atom. The van der Waals surface area contributed by atoms with Gasteiger partial charge in [-0.05, 0) is 48.7 Å². The van der Waals surface area contributed by atoms with Crippen molar-refractivity contribution in [3.63, 3.8) is 0 Å². The molecular formula is C24H27ClFN5O3. The van der Waals surface area contributed by atoms with Crippen molar-refractivity contribution >= 4 is 35.1 Å². The third-order valence-electron chi connectivity index (χ3n) is 6.15. The Labute approximate surface area is 202 Å². The molecule has 0 radical (unpaired) electrons. The standard InChI is InChI=1S/C24H27ClFN5O3/c25-16-2-1-3-18(10-16)29-24(34)30-19-11-21-23(33)28-13-20(31(21)14-19)8-9-22(32)27-12-15-4-6-17(26)7-5-15/h1-7,10,19-21H,8-9,11-14H2,(H,27,32)(H,28,33)(H2,29,30,34)/t19-,20-,21+/m1/s1. The highest BCUT2D eigenvalue weighted by atomic mass is 35.5. The van der Waals surface area contributed by atoms with Crippen LogP contribution in [0.25, 0.3) is 0 Å². The van der Waals surface area contributed by atoms with E-state index in [0.717, 1.165) is 5.56 Å². The molecule has 2 aromatic carbocycles. The van der Waals surface area contributed by atoms with Gasteiger partial charge in [0, 0.05) is 48.8 Å². The molecule has 0 aromatic heterocycles. The number of anilines is 1. The number of hydrogen-bond donors (Lipinski definition) is 4. The summed E-state index contributed by atoms with van der Waals surface area (Å²) in [6, 6.07) is 12.0. The number of nitrogens with one attached hydrogen (secondary N) is 4. The number of halogens is 2. The van der Waals surface area contributed by atoms with Gasteiger partial charge in [-0.1, -0.05) is 29.8 Å². The molecule has 4 rings (SSSR count). The van der Waals surface area contributed by atoms with Gasteiger partial charge in [0.2, 0.25) is 11.8 Å². The largest absolute Gasteiger partial charge is 0.353 e. The number of amides is 4. The van der Waals surface area contributed by atoms with Crippen LogP contribution in [0.3, 0.4) is 0 Å². The lowest BCUT2D eigenvalue weighted by molar-refractivity contribution is -0.129. The maximum atomic E-state index is 13.0. The number of carbonyl (C=O) groups excluding carboxylic acids is 3. The third kappa shape index (κ3) is 6.24. The van der Waals surface area contributed by atoms with Gasteiger partial charge in [-0.3, -0.25) is 14.5 Å². The van der Waals surface area contributed by atoms with Gasteiger partial charge >= 0.3 is 6.03 Å². The quantitative estimate of drug-likeness (QED) is 0.482. The van der Waals surface area contributed by atoms with Crippen molar-refractivity contribution < 1.29 is 18.8 Å². The van der Waals surface area contributed by atoms with Crippen molar-refractivity contribution in [1.29, 1.82) is 0 Å². The van der Waals surface area contributed by atoms with Crippen LogP contribution in [0.1, 0.15) is 24.8 Å². The van der Waals surface area contributed by atoms with E-state index >= 15 is 0 Å². The Hall–Kier alpha value is -3.17. The van der Waals surface area contributed by atoms with Crippen molar-refractivity contribution in [2.24, 2.45) is 0 Å². The summed E-state index contributed by atoms with van der Waals surface area (Å²) >= 11 is 5.96.